The molecule has 0 aromatic heterocycles. The van der Waals surface area contributed by atoms with E-state index in [4.69, 9.17) is 0 Å². The summed E-state index contributed by atoms with van der Waals surface area (Å²) >= 11 is 0. The lowest BCUT2D eigenvalue weighted by molar-refractivity contribution is 0.408. The molecule has 0 aliphatic heterocycles. The van der Waals surface area contributed by atoms with Crippen molar-refractivity contribution in [3.8, 4) is 11.5 Å². The number of benzene rings is 3. The van der Waals surface area contributed by atoms with Crippen LogP contribution in [0.2, 0.25) is 0 Å². The first kappa shape index (κ1) is 9.04. The third-order valence-corrected chi connectivity index (χ3v) is 2.84. The third kappa shape index (κ3) is 1.20. The van der Waals surface area contributed by atoms with Gasteiger partial charge in [0, 0.05) is 5.39 Å². The molecule has 2 N–H and O–H groups in total. The maximum absolute atomic E-state index is 9.77. The van der Waals surface area contributed by atoms with Crippen LogP contribution >= 0.6 is 0 Å². The van der Waals surface area contributed by atoms with E-state index in [1.807, 2.05) is 36.4 Å². The van der Waals surface area contributed by atoms with Crippen LogP contribution in [0.4, 0.5) is 0 Å². The van der Waals surface area contributed by atoms with Crippen LogP contribution in [0.25, 0.3) is 21.5 Å². The van der Waals surface area contributed by atoms with Gasteiger partial charge >= 0.3 is 0 Å². The Labute approximate surface area is 92.4 Å². The van der Waals surface area contributed by atoms with Crippen LogP contribution in [0.3, 0.4) is 0 Å². The van der Waals surface area contributed by atoms with Gasteiger partial charge in [0.15, 0.2) is 11.5 Å². The Morgan fingerprint density at radius 2 is 1.38 bits per heavy atom. The SMILES string of the molecule is Oc1ccc2cc3ccccc3cc2c1O. The molecule has 0 fully saturated rings. The third-order valence-electron chi connectivity index (χ3n) is 2.84. The van der Waals surface area contributed by atoms with Gasteiger partial charge in [-0.1, -0.05) is 30.3 Å². The highest BCUT2D eigenvalue weighted by Crippen LogP contribution is 2.35. The van der Waals surface area contributed by atoms with E-state index in [0.717, 1.165) is 16.2 Å². The van der Waals surface area contributed by atoms with E-state index in [1.54, 1.807) is 6.07 Å². The highest BCUT2D eigenvalue weighted by molar-refractivity contribution is 6.01. The monoisotopic (exact) mass is 210 g/mol. The van der Waals surface area contributed by atoms with Gasteiger partial charge < -0.3 is 10.2 Å². The van der Waals surface area contributed by atoms with Crippen LogP contribution in [0.15, 0.2) is 48.5 Å². The lowest BCUT2D eigenvalue weighted by Crippen LogP contribution is -1.77. The molecule has 0 aliphatic carbocycles. The van der Waals surface area contributed by atoms with Gasteiger partial charge in [0.25, 0.3) is 0 Å². The molecule has 2 nitrogen and oxygen atoms in total. The standard InChI is InChI=1S/C14H10O2/c15-13-6-5-11-7-9-3-1-2-4-10(9)8-12(11)14(13)16/h1-8,15-16H. The molecule has 0 saturated carbocycles. The van der Waals surface area contributed by atoms with Crippen LogP contribution in [-0.4, -0.2) is 10.2 Å². The molecule has 0 atom stereocenters. The Morgan fingerprint density at radius 3 is 2.12 bits per heavy atom. The molecule has 78 valence electrons. The number of phenolic OH excluding ortho intramolecular Hbond substituents is 2. The summed E-state index contributed by atoms with van der Waals surface area (Å²) in [4.78, 5) is 0. The van der Waals surface area contributed by atoms with E-state index in [-0.39, 0.29) is 11.5 Å². The summed E-state index contributed by atoms with van der Waals surface area (Å²) in [5, 5.41) is 23.0. The maximum atomic E-state index is 9.77. The predicted octanol–water partition coefficient (Wildman–Crippen LogP) is 3.40. The molecule has 0 unspecified atom stereocenters. The van der Waals surface area contributed by atoms with E-state index in [9.17, 15) is 10.2 Å². The van der Waals surface area contributed by atoms with Crippen molar-refractivity contribution in [3.05, 3.63) is 48.5 Å². The molecule has 0 radical (unpaired) electrons. The fourth-order valence-electron chi connectivity index (χ4n) is 1.99. The largest absolute Gasteiger partial charge is 0.504 e. The first-order valence-electron chi connectivity index (χ1n) is 5.09. The van der Waals surface area contributed by atoms with Gasteiger partial charge in [0.05, 0.1) is 0 Å². The molecule has 0 spiro atoms. The molecule has 3 rings (SSSR count). The summed E-state index contributed by atoms with van der Waals surface area (Å²) in [5.41, 5.74) is 0. The topological polar surface area (TPSA) is 40.5 Å². The lowest BCUT2D eigenvalue weighted by atomic mass is 10.0. The van der Waals surface area contributed by atoms with Crippen molar-refractivity contribution >= 4 is 21.5 Å². The van der Waals surface area contributed by atoms with Crippen molar-refractivity contribution in [2.75, 3.05) is 0 Å². The second-order valence-electron chi connectivity index (χ2n) is 3.85. The summed E-state index contributed by atoms with van der Waals surface area (Å²) in [6.45, 7) is 0. The zero-order chi connectivity index (χ0) is 11.1. The van der Waals surface area contributed by atoms with E-state index in [1.165, 1.54) is 6.07 Å². The summed E-state index contributed by atoms with van der Waals surface area (Å²) in [6.07, 6.45) is 0. The van der Waals surface area contributed by atoms with Gasteiger partial charge in [-0.15, -0.1) is 0 Å². The second kappa shape index (κ2) is 3.14. The Hall–Kier alpha value is -2.22. The number of hydrogen-bond acceptors (Lipinski definition) is 2. The molecule has 16 heavy (non-hydrogen) atoms. The van der Waals surface area contributed by atoms with Crippen molar-refractivity contribution in [1.29, 1.82) is 0 Å². The predicted molar refractivity (Wildman–Crippen MR) is 64.8 cm³/mol. The Bertz CT molecular complexity index is 687. The molecular weight excluding hydrogens is 200 g/mol. The van der Waals surface area contributed by atoms with Gasteiger partial charge in [-0.3, -0.25) is 0 Å². The molecule has 0 bridgehead atoms. The van der Waals surface area contributed by atoms with Crippen molar-refractivity contribution in [2.24, 2.45) is 0 Å². The zero-order valence-corrected chi connectivity index (χ0v) is 8.51. The van der Waals surface area contributed by atoms with E-state index in [2.05, 4.69) is 0 Å². The summed E-state index contributed by atoms with van der Waals surface area (Å²) in [5.74, 6) is -0.133. The van der Waals surface area contributed by atoms with Gasteiger partial charge in [0.1, 0.15) is 0 Å². The van der Waals surface area contributed by atoms with Crippen LogP contribution in [0, 0.1) is 0 Å². The van der Waals surface area contributed by atoms with Crippen molar-refractivity contribution < 1.29 is 10.2 Å². The first-order chi connectivity index (χ1) is 7.75. The highest BCUT2D eigenvalue weighted by Gasteiger charge is 2.05. The Morgan fingerprint density at radius 1 is 0.688 bits per heavy atom. The molecule has 0 heterocycles. The normalized spacial score (nSPS) is 11.0. The average Bonchev–Trinajstić information content (AvgIpc) is 2.32. The molecule has 0 amide bonds. The average molecular weight is 210 g/mol. The summed E-state index contributed by atoms with van der Waals surface area (Å²) in [7, 11) is 0. The molecular formula is C14H10O2. The summed E-state index contributed by atoms with van der Waals surface area (Å²) < 4.78 is 0. The van der Waals surface area contributed by atoms with Crippen LogP contribution < -0.4 is 0 Å². The molecule has 2 heteroatoms. The molecule has 3 aromatic rings. The minimum Gasteiger partial charge on any atom is -0.504 e. The maximum Gasteiger partial charge on any atom is 0.165 e. The second-order valence-corrected chi connectivity index (χ2v) is 3.85. The number of phenols is 2. The first-order valence-corrected chi connectivity index (χ1v) is 5.09. The fraction of sp³-hybridized carbons (Fsp3) is 0. The minimum absolute atomic E-state index is 0.0525. The molecule has 3 aromatic carbocycles. The number of hydrogen-bond donors (Lipinski definition) is 2. The lowest BCUT2D eigenvalue weighted by Gasteiger charge is -2.05. The number of fused-ring (bicyclic) bond motifs is 2. The van der Waals surface area contributed by atoms with Gasteiger partial charge in [-0.25, -0.2) is 0 Å². The van der Waals surface area contributed by atoms with Gasteiger partial charge in [-0.05, 0) is 34.4 Å². The Balaban J connectivity index is 2.51. The highest BCUT2D eigenvalue weighted by atomic mass is 16.3. The van der Waals surface area contributed by atoms with Crippen LogP contribution in [-0.2, 0) is 0 Å². The molecule has 0 saturated heterocycles. The van der Waals surface area contributed by atoms with E-state index >= 15 is 0 Å². The summed E-state index contributed by atoms with van der Waals surface area (Å²) in [6, 6.07) is 15.1. The smallest absolute Gasteiger partial charge is 0.165 e. The fourth-order valence-corrected chi connectivity index (χ4v) is 1.99. The minimum atomic E-state index is -0.0808. The zero-order valence-electron chi connectivity index (χ0n) is 8.51. The number of aromatic hydroxyl groups is 2. The quantitative estimate of drug-likeness (QED) is 0.441. The van der Waals surface area contributed by atoms with E-state index < -0.39 is 0 Å². The molecule has 0 aliphatic rings. The van der Waals surface area contributed by atoms with Crippen LogP contribution in [0.1, 0.15) is 0 Å². The number of rotatable bonds is 0. The van der Waals surface area contributed by atoms with Crippen molar-refractivity contribution in [2.45, 2.75) is 0 Å². The van der Waals surface area contributed by atoms with Crippen molar-refractivity contribution in [1.82, 2.24) is 0 Å². The van der Waals surface area contributed by atoms with Crippen molar-refractivity contribution in [3.63, 3.8) is 0 Å². The van der Waals surface area contributed by atoms with Gasteiger partial charge in [0.2, 0.25) is 0 Å². The Kier molecular flexibility index (Phi) is 1.77. The van der Waals surface area contributed by atoms with Crippen LogP contribution in [0.5, 0.6) is 11.5 Å². The van der Waals surface area contributed by atoms with E-state index in [0.29, 0.717) is 5.39 Å². The van der Waals surface area contributed by atoms with Gasteiger partial charge in [-0.2, -0.15) is 0 Å².